The molecule has 172 valence electrons. The molecule has 2 aromatic heterocycles. The van der Waals surface area contributed by atoms with Gasteiger partial charge in [-0.3, -0.25) is 0 Å². The first kappa shape index (κ1) is 22.6. The first-order chi connectivity index (χ1) is 15.9. The zero-order valence-corrected chi connectivity index (χ0v) is 19.6. The van der Waals surface area contributed by atoms with E-state index in [1.165, 1.54) is 0 Å². The van der Waals surface area contributed by atoms with Crippen molar-refractivity contribution in [3.8, 4) is 5.75 Å². The van der Waals surface area contributed by atoms with Crippen molar-refractivity contribution in [2.45, 2.75) is 12.8 Å². The maximum Gasteiger partial charge on any atom is 0.231 e. The maximum absolute atomic E-state index is 6.21. The van der Waals surface area contributed by atoms with E-state index in [-0.39, 0.29) is 5.95 Å². The molecule has 9 nitrogen and oxygen atoms in total. The predicted molar refractivity (Wildman–Crippen MR) is 136 cm³/mol. The Kier molecular flexibility index (Phi) is 6.79. The lowest BCUT2D eigenvalue weighted by atomic mass is 10.1. The Labute approximate surface area is 197 Å². The van der Waals surface area contributed by atoms with Crippen molar-refractivity contribution in [1.82, 2.24) is 19.9 Å². The Bertz CT molecular complexity index is 1280. The van der Waals surface area contributed by atoms with Crippen LogP contribution in [0.4, 0.5) is 23.5 Å². The second-order valence-electron chi connectivity index (χ2n) is 7.80. The van der Waals surface area contributed by atoms with E-state index in [4.69, 9.17) is 27.1 Å². The summed E-state index contributed by atoms with van der Waals surface area (Å²) in [6, 6.07) is 11.7. The Hall–Kier alpha value is -3.59. The van der Waals surface area contributed by atoms with Gasteiger partial charge in [0.05, 0.1) is 23.8 Å². The number of fused-ring (bicyclic) bond motifs is 2. The summed E-state index contributed by atoms with van der Waals surface area (Å²) in [5.41, 5.74) is 8.54. The number of anilines is 4. The number of nitrogens with zero attached hydrogens (tertiary/aromatic N) is 5. The summed E-state index contributed by atoms with van der Waals surface area (Å²) in [6.07, 6.45) is 1.86. The third kappa shape index (κ3) is 5.25. The van der Waals surface area contributed by atoms with E-state index in [2.05, 4.69) is 25.6 Å². The lowest BCUT2D eigenvalue weighted by molar-refractivity contribution is 0.415. The summed E-state index contributed by atoms with van der Waals surface area (Å²) in [7, 11) is 5.39. The fourth-order valence-electron chi connectivity index (χ4n) is 3.54. The molecule has 0 fully saturated rings. The molecule has 4 N–H and O–H groups in total. The summed E-state index contributed by atoms with van der Waals surface area (Å²) in [4.78, 5) is 19.2. The van der Waals surface area contributed by atoms with E-state index in [0.29, 0.717) is 16.9 Å². The van der Waals surface area contributed by atoms with Gasteiger partial charge in [-0.2, -0.15) is 15.0 Å². The van der Waals surface area contributed by atoms with Crippen LogP contribution in [0.5, 0.6) is 5.75 Å². The van der Waals surface area contributed by atoms with Gasteiger partial charge in [0.15, 0.2) is 0 Å². The number of pyridine rings is 1. The highest BCUT2D eigenvalue weighted by molar-refractivity contribution is 6.31. The minimum Gasteiger partial charge on any atom is -0.497 e. The van der Waals surface area contributed by atoms with Crippen LogP contribution in [-0.2, 0) is 0 Å². The van der Waals surface area contributed by atoms with Gasteiger partial charge >= 0.3 is 0 Å². The van der Waals surface area contributed by atoms with Gasteiger partial charge in [0, 0.05) is 43.0 Å². The number of aromatic nitrogens is 4. The number of methoxy groups -OCH3 is 1. The van der Waals surface area contributed by atoms with Crippen molar-refractivity contribution in [3.63, 3.8) is 0 Å². The van der Waals surface area contributed by atoms with E-state index in [1.54, 1.807) is 12.0 Å². The highest BCUT2D eigenvalue weighted by atomic mass is 35.5. The largest absolute Gasteiger partial charge is 0.497 e. The molecule has 4 rings (SSSR count). The van der Waals surface area contributed by atoms with Crippen LogP contribution in [0, 0.1) is 0 Å². The Balaban J connectivity index is 1.43. The number of nitrogens with one attached hydrogen (secondary N) is 2. The lowest BCUT2D eigenvalue weighted by Crippen LogP contribution is -2.17. The molecule has 0 spiro atoms. The van der Waals surface area contributed by atoms with Crippen LogP contribution in [0.25, 0.3) is 21.8 Å². The zero-order valence-electron chi connectivity index (χ0n) is 18.9. The third-order valence-corrected chi connectivity index (χ3v) is 5.41. The second kappa shape index (κ2) is 9.91. The Morgan fingerprint density at radius 3 is 2.45 bits per heavy atom. The number of nitrogen functional groups attached to an aromatic ring is 1. The lowest BCUT2D eigenvalue weighted by Gasteiger charge is -2.15. The number of hydrogen-bond donors (Lipinski definition) is 3. The molecule has 33 heavy (non-hydrogen) atoms. The number of hydrogen-bond acceptors (Lipinski definition) is 9. The van der Waals surface area contributed by atoms with E-state index in [0.717, 1.165) is 59.2 Å². The number of nitrogens with two attached hydrogens (primary N) is 1. The maximum atomic E-state index is 6.21. The molecule has 0 saturated carbocycles. The first-order valence-corrected chi connectivity index (χ1v) is 11.1. The Morgan fingerprint density at radius 1 is 0.909 bits per heavy atom. The van der Waals surface area contributed by atoms with E-state index in [9.17, 15) is 0 Å². The van der Waals surface area contributed by atoms with E-state index >= 15 is 0 Å². The molecule has 0 atom stereocenters. The molecule has 0 radical (unpaired) electrons. The van der Waals surface area contributed by atoms with Gasteiger partial charge in [-0.25, -0.2) is 4.98 Å². The first-order valence-electron chi connectivity index (χ1n) is 10.7. The van der Waals surface area contributed by atoms with Gasteiger partial charge in [-0.15, -0.1) is 0 Å². The fraction of sp³-hybridized carbons (Fsp3) is 0.304. The van der Waals surface area contributed by atoms with Crippen LogP contribution in [0.2, 0.25) is 5.02 Å². The minimum absolute atomic E-state index is 0.199. The molecule has 0 amide bonds. The highest BCUT2D eigenvalue weighted by Gasteiger charge is 2.11. The molecule has 0 aliphatic rings. The minimum atomic E-state index is 0.199. The van der Waals surface area contributed by atoms with Crippen LogP contribution in [0.3, 0.4) is 0 Å². The quantitative estimate of drug-likeness (QED) is 0.246. The molecule has 0 unspecified atom stereocenters. The van der Waals surface area contributed by atoms with Crippen LogP contribution in [0.15, 0.2) is 36.4 Å². The van der Waals surface area contributed by atoms with E-state index in [1.807, 2.05) is 50.5 Å². The summed E-state index contributed by atoms with van der Waals surface area (Å²) in [6.45, 7) is 1.51. The summed E-state index contributed by atoms with van der Waals surface area (Å²) < 4.78 is 5.43. The number of ether oxygens (including phenoxy) is 1. The number of halogens is 1. The predicted octanol–water partition coefficient (Wildman–Crippen LogP) is 4.19. The molecule has 0 saturated heterocycles. The Morgan fingerprint density at radius 2 is 1.70 bits per heavy atom. The summed E-state index contributed by atoms with van der Waals surface area (Å²) >= 11 is 6.21. The van der Waals surface area contributed by atoms with Crippen LogP contribution >= 0.6 is 11.6 Å². The third-order valence-electron chi connectivity index (χ3n) is 5.17. The molecular weight excluding hydrogens is 440 g/mol. The van der Waals surface area contributed by atoms with Crippen molar-refractivity contribution < 1.29 is 4.74 Å². The molecule has 2 heterocycles. The smallest absolute Gasteiger partial charge is 0.231 e. The number of rotatable bonds is 9. The molecule has 10 heteroatoms. The summed E-state index contributed by atoms with van der Waals surface area (Å²) in [5, 5.41) is 9.52. The SMILES string of the molecule is COc1ccc2nc3cc(Cl)ccc3c(NCCCCNc3nc(N)nc(N(C)C)n3)c2c1. The van der Waals surface area contributed by atoms with Crippen molar-refractivity contribution in [2.75, 3.05) is 55.6 Å². The van der Waals surface area contributed by atoms with Crippen LogP contribution in [0.1, 0.15) is 12.8 Å². The topological polar surface area (TPSA) is 114 Å². The molecule has 0 aliphatic carbocycles. The van der Waals surface area contributed by atoms with Gasteiger partial charge in [0.1, 0.15) is 5.75 Å². The molecule has 2 aromatic carbocycles. The van der Waals surface area contributed by atoms with E-state index < -0.39 is 0 Å². The van der Waals surface area contributed by atoms with Gasteiger partial charge < -0.3 is 26.0 Å². The monoisotopic (exact) mass is 466 g/mol. The highest BCUT2D eigenvalue weighted by Crippen LogP contribution is 2.34. The fourth-order valence-corrected chi connectivity index (χ4v) is 3.70. The second-order valence-corrected chi connectivity index (χ2v) is 8.24. The normalized spacial score (nSPS) is 11.0. The zero-order chi connectivity index (χ0) is 23.4. The molecule has 4 aromatic rings. The number of benzene rings is 2. The molecule has 0 bridgehead atoms. The standard InChI is InChI=1S/C23H27ClN8O/c1-32(2)23-30-21(25)29-22(31-23)27-11-5-4-10-26-20-16-8-6-14(24)12-19(16)28-18-9-7-15(33-3)13-17(18)20/h6-9,12-13H,4-5,10-11H2,1-3H3,(H,26,28)(H3,25,27,29,30,31). The van der Waals surface area contributed by atoms with Gasteiger partial charge in [0.2, 0.25) is 17.8 Å². The summed E-state index contributed by atoms with van der Waals surface area (Å²) in [5.74, 6) is 2.00. The van der Waals surface area contributed by atoms with Crippen molar-refractivity contribution >= 4 is 56.9 Å². The van der Waals surface area contributed by atoms with Crippen molar-refractivity contribution in [1.29, 1.82) is 0 Å². The van der Waals surface area contributed by atoms with Gasteiger partial charge in [-0.1, -0.05) is 11.6 Å². The van der Waals surface area contributed by atoms with Crippen molar-refractivity contribution in [3.05, 3.63) is 41.4 Å². The van der Waals surface area contributed by atoms with Gasteiger partial charge in [0.25, 0.3) is 0 Å². The van der Waals surface area contributed by atoms with Crippen LogP contribution in [-0.4, -0.2) is 54.2 Å². The van der Waals surface area contributed by atoms with Crippen LogP contribution < -0.4 is 26.0 Å². The molecular formula is C23H27ClN8O. The molecule has 0 aliphatic heterocycles. The van der Waals surface area contributed by atoms with Gasteiger partial charge in [-0.05, 0) is 49.2 Å². The number of unbranched alkanes of at least 4 members (excludes halogenated alkanes) is 1. The average Bonchev–Trinajstić information content (AvgIpc) is 2.79. The van der Waals surface area contributed by atoms with Crippen molar-refractivity contribution in [2.24, 2.45) is 0 Å². The average molecular weight is 467 g/mol.